The first-order valence-corrected chi connectivity index (χ1v) is 7.31. The van der Waals surface area contributed by atoms with Crippen LogP contribution in [0.3, 0.4) is 0 Å². The smallest absolute Gasteiger partial charge is 0.399 e. The van der Waals surface area contributed by atoms with Gasteiger partial charge in [-0.1, -0.05) is 24.3 Å². The second-order valence-electron chi connectivity index (χ2n) is 5.20. The van der Waals surface area contributed by atoms with Crippen LogP contribution in [0, 0.1) is 0 Å². The third kappa shape index (κ3) is 4.17. The molecule has 0 saturated heterocycles. The van der Waals surface area contributed by atoms with Crippen LogP contribution >= 0.6 is 0 Å². The van der Waals surface area contributed by atoms with E-state index < -0.39 is 11.7 Å². The number of rotatable bonds is 4. The fraction of sp³-hybridized carbons (Fsp3) is 0.0588. The molecule has 128 valence electrons. The summed E-state index contributed by atoms with van der Waals surface area (Å²) in [4.78, 5) is 7.72. The van der Waals surface area contributed by atoms with Crippen LogP contribution < -0.4 is 16.4 Å². The molecule has 1 aromatic heterocycles. The molecular formula is C17H14F3N5. The first-order valence-electron chi connectivity index (χ1n) is 7.31. The summed E-state index contributed by atoms with van der Waals surface area (Å²) >= 11 is 0. The predicted molar refractivity (Wildman–Crippen MR) is 90.9 cm³/mol. The van der Waals surface area contributed by atoms with Gasteiger partial charge in [-0.15, -0.1) is 0 Å². The largest absolute Gasteiger partial charge is 0.421 e. The third-order valence-corrected chi connectivity index (χ3v) is 3.27. The number of nitrogens with two attached hydrogens (primary N) is 1. The normalized spacial score (nSPS) is 11.2. The summed E-state index contributed by atoms with van der Waals surface area (Å²) in [5.74, 6) is -0.308. The lowest BCUT2D eigenvalue weighted by molar-refractivity contribution is -0.137. The summed E-state index contributed by atoms with van der Waals surface area (Å²) in [7, 11) is 0. The Morgan fingerprint density at radius 3 is 2.28 bits per heavy atom. The van der Waals surface area contributed by atoms with Crippen molar-refractivity contribution in [2.45, 2.75) is 6.18 Å². The van der Waals surface area contributed by atoms with Crippen LogP contribution in [0.1, 0.15) is 5.56 Å². The second kappa shape index (κ2) is 6.68. The highest BCUT2D eigenvalue weighted by Crippen LogP contribution is 2.35. The second-order valence-corrected chi connectivity index (χ2v) is 5.20. The average Bonchev–Trinajstić information content (AvgIpc) is 2.55. The van der Waals surface area contributed by atoms with E-state index in [4.69, 9.17) is 5.73 Å². The van der Waals surface area contributed by atoms with Gasteiger partial charge in [0.2, 0.25) is 5.95 Å². The van der Waals surface area contributed by atoms with Gasteiger partial charge in [-0.3, -0.25) is 0 Å². The fourth-order valence-corrected chi connectivity index (χ4v) is 2.15. The van der Waals surface area contributed by atoms with E-state index in [1.165, 1.54) is 6.07 Å². The van der Waals surface area contributed by atoms with Crippen molar-refractivity contribution in [1.82, 2.24) is 9.97 Å². The van der Waals surface area contributed by atoms with E-state index in [-0.39, 0.29) is 11.8 Å². The number of anilines is 5. The molecule has 0 amide bonds. The molecule has 0 unspecified atom stereocenters. The number of para-hydroxylation sites is 1. The van der Waals surface area contributed by atoms with Crippen LogP contribution in [-0.4, -0.2) is 9.97 Å². The molecule has 0 saturated carbocycles. The molecule has 0 bridgehead atoms. The molecule has 25 heavy (non-hydrogen) atoms. The topological polar surface area (TPSA) is 75.9 Å². The minimum Gasteiger partial charge on any atom is -0.399 e. The number of hydrogen-bond donors (Lipinski definition) is 3. The summed E-state index contributed by atoms with van der Waals surface area (Å²) in [5.41, 5.74) is 6.18. The highest BCUT2D eigenvalue weighted by molar-refractivity contribution is 5.65. The number of alkyl halides is 3. The molecule has 0 aliphatic carbocycles. The monoisotopic (exact) mass is 345 g/mol. The Bertz CT molecular complexity index is 866. The maximum atomic E-state index is 13.2. The van der Waals surface area contributed by atoms with Gasteiger partial charge in [-0.05, 0) is 30.3 Å². The van der Waals surface area contributed by atoms with Gasteiger partial charge < -0.3 is 16.4 Å². The number of nitrogens with zero attached hydrogens (tertiary/aromatic N) is 2. The van der Waals surface area contributed by atoms with E-state index >= 15 is 0 Å². The van der Waals surface area contributed by atoms with Gasteiger partial charge in [0.05, 0.1) is 0 Å². The summed E-state index contributed by atoms with van der Waals surface area (Å²) in [6.07, 6.45) is -3.85. The molecule has 3 rings (SSSR count). The summed E-state index contributed by atoms with van der Waals surface area (Å²) < 4.78 is 39.7. The van der Waals surface area contributed by atoms with Gasteiger partial charge in [0.15, 0.2) is 0 Å². The van der Waals surface area contributed by atoms with Crippen LogP contribution in [0.25, 0.3) is 0 Å². The van der Waals surface area contributed by atoms with E-state index in [2.05, 4.69) is 20.6 Å². The lowest BCUT2D eigenvalue weighted by atomic mass is 10.2. The Kier molecular flexibility index (Phi) is 4.42. The molecule has 0 radical (unpaired) electrons. The average molecular weight is 345 g/mol. The zero-order valence-electron chi connectivity index (χ0n) is 12.9. The fourth-order valence-electron chi connectivity index (χ4n) is 2.15. The van der Waals surface area contributed by atoms with Crippen molar-refractivity contribution in [3.8, 4) is 0 Å². The first kappa shape index (κ1) is 16.6. The zero-order valence-corrected chi connectivity index (χ0v) is 12.9. The van der Waals surface area contributed by atoms with Crippen molar-refractivity contribution in [3.05, 3.63) is 66.4 Å². The van der Waals surface area contributed by atoms with Crippen molar-refractivity contribution in [2.75, 3.05) is 16.4 Å². The number of benzene rings is 2. The molecule has 8 heteroatoms. The summed E-state index contributed by atoms with van der Waals surface area (Å²) in [6, 6.07) is 15.3. The molecule has 2 aromatic carbocycles. The van der Waals surface area contributed by atoms with Gasteiger partial charge in [-0.25, -0.2) is 4.98 Å². The molecule has 5 nitrogen and oxygen atoms in total. The molecule has 1 heterocycles. The molecule has 0 fully saturated rings. The van der Waals surface area contributed by atoms with E-state index in [1.54, 1.807) is 42.5 Å². The van der Waals surface area contributed by atoms with Gasteiger partial charge in [0.1, 0.15) is 11.4 Å². The van der Waals surface area contributed by atoms with E-state index in [9.17, 15) is 13.2 Å². The Morgan fingerprint density at radius 2 is 1.60 bits per heavy atom. The van der Waals surface area contributed by atoms with Crippen molar-refractivity contribution >= 4 is 28.8 Å². The lowest BCUT2D eigenvalue weighted by Gasteiger charge is -2.15. The zero-order chi connectivity index (χ0) is 17.9. The Labute approximate surface area is 141 Å². The van der Waals surface area contributed by atoms with E-state index in [0.717, 1.165) is 6.20 Å². The maximum Gasteiger partial charge on any atom is 0.421 e. The Morgan fingerprint density at radius 1 is 0.880 bits per heavy atom. The minimum absolute atomic E-state index is 0.0469. The van der Waals surface area contributed by atoms with Crippen LogP contribution in [0.5, 0.6) is 0 Å². The molecular weight excluding hydrogens is 331 g/mol. The van der Waals surface area contributed by atoms with Crippen molar-refractivity contribution in [1.29, 1.82) is 0 Å². The third-order valence-electron chi connectivity index (χ3n) is 3.27. The SMILES string of the molecule is Nc1cccc(Nc2nc(Nc3ccccc3)ncc2C(F)(F)F)c1. The minimum atomic E-state index is -4.59. The molecule has 0 spiro atoms. The van der Waals surface area contributed by atoms with Gasteiger partial charge in [0, 0.05) is 23.3 Å². The maximum absolute atomic E-state index is 13.2. The van der Waals surface area contributed by atoms with Gasteiger partial charge in [0.25, 0.3) is 0 Å². The van der Waals surface area contributed by atoms with Crippen LogP contribution in [0.2, 0.25) is 0 Å². The van der Waals surface area contributed by atoms with Crippen LogP contribution in [0.4, 0.5) is 42.0 Å². The quantitative estimate of drug-likeness (QED) is 0.604. The van der Waals surface area contributed by atoms with E-state index in [1.807, 2.05) is 6.07 Å². The van der Waals surface area contributed by atoms with Crippen molar-refractivity contribution in [3.63, 3.8) is 0 Å². The molecule has 0 atom stereocenters. The van der Waals surface area contributed by atoms with Gasteiger partial charge >= 0.3 is 6.18 Å². The standard InChI is InChI=1S/C17H14F3N5/c18-17(19,20)14-10-22-16(24-12-6-2-1-3-7-12)25-15(14)23-13-8-4-5-11(21)9-13/h1-10H,21H2,(H2,22,23,24,25). The number of hydrogen-bond acceptors (Lipinski definition) is 5. The summed E-state index contributed by atoms with van der Waals surface area (Å²) in [5, 5.41) is 5.52. The number of nitrogen functional groups attached to an aromatic ring is 1. The first-order chi connectivity index (χ1) is 11.9. The Hall–Kier alpha value is -3.29. The number of halogens is 3. The summed E-state index contributed by atoms with van der Waals surface area (Å²) in [6.45, 7) is 0. The molecule has 3 aromatic rings. The number of aromatic nitrogens is 2. The van der Waals surface area contributed by atoms with Crippen LogP contribution in [-0.2, 0) is 6.18 Å². The van der Waals surface area contributed by atoms with Gasteiger partial charge in [-0.2, -0.15) is 18.2 Å². The van der Waals surface area contributed by atoms with Crippen molar-refractivity contribution < 1.29 is 13.2 Å². The van der Waals surface area contributed by atoms with Crippen molar-refractivity contribution in [2.24, 2.45) is 0 Å². The molecule has 0 aliphatic heterocycles. The predicted octanol–water partition coefficient (Wildman–Crippen LogP) is 4.56. The molecule has 0 aliphatic rings. The van der Waals surface area contributed by atoms with E-state index in [0.29, 0.717) is 17.1 Å². The highest BCUT2D eigenvalue weighted by Gasteiger charge is 2.35. The Balaban J connectivity index is 1.96. The number of nitrogens with one attached hydrogen (secondary N) is 2. The lowest BCUT2D eigenvalue weighted by Crippen LogP contribution is -2.12. The molecule has 4 N–H and O–H groups in total. The van der Waals surface area contributed by atoms with Crippen LogP contribution in [0.15, 0.2) is 60.8 Å². The highest BCUT2D eigenvalue weighted by atomic mass is 19.4.